The third-order valence-electron chi connectivity index (χ3n) is 6.70. The molecular weight excluding hydrogens is 412 g/mol. The topological polar surface area (TPSA) is 101 Å². The van der Waals surface area contributed by atoms with Gasteiger partial charge < -0.3 is 15.2 Å². The lowest BCUT2D eigenvalue weighted by Gasteiger charge is -2.18. The normalized spacial score (nSPS) is 31.0. The molecule has 9 heteroatoms. The van der Waals surface area contributed by atoms with Gasteiger partial charge in [-0.25, -0.2) is 9.97 Å². The number of fused-ring (bicyclic) bond motifs is 2. The molecule has 1 aromatic carbocycles. The van der Waals surface area contributed by atoms with Gasteiger partial charge in [-0.1, -0.05) is 54.2 Å². The van der Waals surface area contributed by atoms with Crippen LogP contribution in [0.15, 0.2) is 35.5 Å². The minimum absolute atomic E-state index is 0.0198. The van der Waals surface area contributed by atoms with E-state index >= 15 is 0 Å². The second-order valence-electron chi connectivity index (χ2n) is 8.70. The molecule has 3 aromatic rings. The molecule has 2 aliphatic carbocycles. The van der Waals surface area contributed by atoms with E-state index in [2.05, 4.69) is 46.8 Å². The van der Waals surface area contributed by atoms with Crippen molar-refractivity contribution in [3.05, 3.63) is 35.9 Å². The van der Waals surface area contributed by atoms with Crippen molar-refractivity contribution in [2.45, 2.75) is 61.6 Å². The molecule has 5 atom stereocenters. The summed E-state index contributed by atoms with van der Waals surface area (Å²) in [6.07, 6.45) is 4.06. The fourth-order valence-electron chi connectivity index (χ4n) is 4.95. The Morgan fingerprint density at radius 1 is 1.26 bits per heavy atom. The Labute approximate surface area is 184 Å². The van der Waals surface area contributed by atoms with Crippen molar-refractivity contribution in [3.63, 3.8) is 0 Å². The van der Waals surface area contributed by atoms with Gasteiger partial charge in [-0.3, -0.25) is 0 Å². The first-order valence-corrected chi connectivity index (χ1v) is 12.1. The summed E-state index contributed by atoms with van der Waals surface area (Å²) >= 11 is 1.65. The van der Waals surface area contributed by atoms with Crippen LogP contribution in [0, 0.1) is 5.92 Å². The van der Waals surface area contributed by atoms with Crippen LogP contribution >= 0.6 is 11.8 Å². The highest BCUT2D eigenvalue weighted by atomic mass is 32.2. The zero-order valence-corrected chi connectivity index (χ0v) is 18.3. The summed E-state index contributed by atoms with van der Waals surface area (Å²) in [5, 5.41) is 23.1. The third-order valence-corrected chi connectivity index (χ3v) is 7.76. The van der Waals surface area contributed by atoms with E-state index < -0.39 is 5.72 Å². The van der Waals surface area contributed by atoms with Crippen LogP contribution in [-0.4, -0.2) is 54.6 Å². The zero-order chi connectivity index (χ0) is 21.0. The Morgan fingerprint density at radius 2 is 2.13 bits per heavy atom. The van der Waals surface area contributed by atoms with E-state index in [0.717, 1.165) is 42.4 Å². The van der Waals surface area contributed by atoms with Gasteiger partial charge in [0.2, 0.25) is 0 Å². The molecule has 5 unspecified atom stereocenters. The van der Waals surface area contributed by atoms with Crippen LogP contribution in [0.1, 0.15) is 44.1 Å². The van der Waals surface area contributed by atoms with E-state index in [0.29, 0.717) is 23.1 Å². The highest BCUT2D eigenvalue weighted by Crippen LogP contribution is 2.57. The number of aliphatic hydroxyl groups excluding tert-OH is 1. The number of aliphatic hydroxyl groups is 1. The predicted octanol–water partition coefficient (Wildman–Crippen LogP) is 3.15. The second-order valence-corrected chi connectivity index (χ2v) is 9.76. The summed E-state index contributed by atoms with van der Waals surface area (Å²) in [6.45, 7) is 2.23. The van der Waals surface area contributed by atoms with Crippen LogP contribution in [-0.2, 0) is 10.5 Å². The number of ether oxygens (including phenoxy) is 1. The quantitative estimate of drug-likeness (QED) is 0.314. The number of epoxide rings is 1. The molecule has 3 heterocycles. The molecule has 0 amide bonds. The third kappa shape index (κ3) is 3.13. The van der Waals surface area contributed by atoms with Crippen molar-refractivity contribution in [3.8, 4) is 0 Å². The Morgan fingerprint density at radius 3 is 2.90 bits per heavy atom. The largest absolute Gasteiger partial charge is 0.396 e. The number of rotatable bonds is 8. The minimum Gasteiger partial charge on any atom is -0.396 e. The molecule has 0 radical (unpaired) electrons. The van der Waals surface area contributed by atoms with Crippen molar-refractivity contribution in [2.75, 3.05) is 17.7 Å². The monoisotopic (exact) mass is 438 g/mol. The van der Waals surface area contributed by atoms with Gasteiger partial charge in [-0.2, -0.15) is 4.68 Å². The van der Waals surface area contributed by atoms with Gasteiger partial charge in [0.25, 0.3) is 0 Å². The summed E-state index contributed by atoms with van der Waals surface area (Å²) in [7, 11) is 0. The summed E-state index contributed by atoms with van der Waals surface area (Å²) in [5.41, 5.74) is 2.11. The lowest BCUT2D eigenvalue weighted by Crippen LogP contribution is -2.31. The van der Waals surface area contributed by atoms with Gasteiger partial charge in [0, 0.05) is 23.6 Å². The number of benzene rings is 1. The second kappa shape index (κ2) is 7.43. The van der Waals surface area contributed by atoms with Crippen molar-refractivity contribution in [1.82, 2.24) is 25.0 Å². The number of aromatic nitrogens is 5. The van der Waals surface area contributed by atoms with E-state index in [9.17, 15) is 5.11 Å². The maximum atomic E-state index is 9.90. The number of nitrogens with one attached hydrogen (secondary N) is 1. The van der Waals surface area contributed by atoms with Gasteiger partial charge in [0.05, 0.1) is 6.61 Å². The lowest BCUT2D eigenvalue weighted by molar-refractivity contribution is 0.0684. The molecule has 162 valence electrons. The highest BCUT2D eigenvalue weighted by Gasteiger charge is 2.68. The molecule has 31 heavy (non-hydrogen) atoms. The standard InChI is InChI=1S/C22H26N6O2S/c1-2-10-31-21-24-19(23-16-11-15(16)13-6-4-3-5-7-13)18-20(25-21)28(27-26-18)22-14(12-29)8-9-17(22)30-22/h3-7,14-17,29H,2,8-12H2,1H3,(H,23,24,25). The van der Waals surface area contributed by atoms with Crippen LogP contribution < -0.4 is 5.32 Å². The van der Waals surface area contributed by atoms with Crippen LogP contribution in [0.4, 0.5) is 5.82 Å². The Hall–Kier alpha value is -2.23. The van der Waals surface area contributed by atoms with Gasteiger partial charge >= 0.3 is 0 Å². The first-order chi connectivity index (χ1) is 15.2. The number of hydrogen-bond acceptors (Lipinski definition) is 8. The molecule has 1 aliphatic heterocycles. The first-order valence-electron chi connectivity index (χ1n) is 11.1. The maximum absolute atomic E-state index is 9.90. The van der Waals surface area contributed by atoms with Crippen LogP contribution in [0.5, 0.6) is 0 Å². The van der Waals surface area contributed by atoms with E-state index in [1.54, 1.807) is 11.8 Å². The van der Waals surface area contributed by atoms with Crippen molar-refractivity contribution in [2.24, 2.45) is 5.92 Å². The molecule has 3 aliphatic rings. The van der Waals surface area contributed by atoms with Gasteiger partial charge in [-0.15, -0.1) is 5.10 Å². The first kappa shape index (κ1) is 19.5. The molecule has 3 fully saturated rings. The van der Waals surface area contributed by atoms with Gasteiger partial charge in [0.1, 0.15) is 6.10 Å². The molecule has 6 rings (SSSR count). The fourth-order valence-corrected chi connectivity index (χ4v) is 5.64. The van der Waals surface area contributed by atoms with E-state index in [4.69, 9.17) is 14.7 Å². The lowest BCUT2D eigenvalue weighted by atomic mass is 10.0. The molecule has 2 aromatic heterocycles. The SMILES string of the molecule is CCCSc1nc(NC2CC2c2ccccc2)c2nnn(C34OC3CCC4CO)c2n1. The van der Waals surface area contributed by atoms with E-state index in [1.807, 2.05) is 10.7 Å². The van der Waals surface area contributed by atoms with Crippen LogP contribution in [0.2, 0.25) is 0 Å². The van der Waals surface area contributed by atoms with Crippen LogP contribution in [0.25, 0.3) is 11.2 Å². The fraction of sp³-hybridized carbons (Fsp3) is 0.545. The van der Waals surface area contributed by atoms with E-state index in [-0.39, 0.29) is 18.6 Å². The molecular formula is C22H26N6O2S. The average molecular weight is 439 g/mol. The number of nitrogens with zero attached hydrogens (tertiary/aromatic N) is 5. The molecule has 1 saturated heterocycles. The van der Waals surface area contributed by atoms with Crippen LogP contribution in [0.3, 0.4) is 0 Å². The molecule has 0 spiro atoms. The predicted molar refractivity (Wildman–Crippen MR) is 118 cm³/mol. The molecule has 2 N–H and O–H groups in total. The number of anilines is 1. The summed E-state index contributed by atoms with van der Waals surface area (Å²) in [5.74, 6) is 2.19. The highest BCUT2D eigenvalue weighted by molar-refractivity contribution is 7.99. The number of hydrogen-bond donors (Lipinski definition) is 2. The van der Waals surface area contributed by atoms with Gasteiger partial charge in [0.15, 0.2) is 27.9 Å². The van der Waals surface area contributed by atoms with Crippen molar-refractivity contribution >= 4 is 28.7 Å². The summed E-state index contributed by atoms with van der Waals surface area (Å²) in [4.78, 5) is 9.61. The Kier molecular flexibility index (Phi) is 4.66. The minimum atomic E-state index is -0.603. The van der Waals surface area contributed by atoms with Gasteiger partial charge in [-0.05, 0) is 31.2 Å². The zero-order valence-electron chi connectivity index (χ0n) is 17.4. The van der Waals surface area contributed by atoms with Crippen molar-refractivity contribution < 1.29 is 9.84 Å². The Balaban J connectivity index is 1.36. The average Bonchev–Trinajstić information content (AvgIpc) is 3.65. The van der Waals surface area contributed by atoms with E-state index in [1.165, 1.54) is 5.56 Å². The smallest absolute Gasteiger partial charge is 0.196 e. The maximum Gasteiger partial charge on any atom is 0.196 e. The Bertz CT molecular complexity index is 1110. The molecule has 8 nitrogen and oxygen atoms in total. The van der Waals surface area contributed by atoms with Crippen molar-refractivity contribution in [1.29, 1.82) is 0 Å². The molecule has 0 bridgehead atoms. The summed E-state index contributed by atoms with van der Waals surface area (Å²) in [6, 6.07) is 10.9. The molecule has 2 saturated carbocycles. The number of thioether (sulfide) groups is 1. The summed E-state index contributed by atoms with van der Waals surface area (Å²) < 4.78 is 7.85.